The van der Waals surface area contributed by atoms with Crippen molar-refractivity contribution < 1.29 is 5.11 Å². The van der Waals surface area contributed by atoms with Crippen LogP contribution in [-0.4, -0.2) is 16.1 Å². The molecule has 1 fully saturated rings. The first-order chi connectivity index (χ1) is 7.45. The van der Waals surface area contributed by atoms with Crippen molar-refractivity contribution in [3.63, 3.8) is 0 Å². The molecule has 1 saturated heterocycles. The standard InChI is InChI=1S/C14H20OS/c1-9-7-11(3)13(8-10(9)2)14(15)5-6-16-12(14)4/h7-8,12,15H,5-6H2,1-4H3. The topological polar surface area (TPSA) is 20.2 Å². The fraction of sp³-hybridized carbons (Fsp3) is 0.571. The van der Waals surface area contributed by atoms with Gasteiger partial charge in [0, 0.05) is 5.25 Å². The molecule has 88 valence electrons. The molecule has 2 atom stereocenters. The van der Waals surface area contributed by atoms with Crippen LogP contribution in [0.2, 0.25) is 0 Å². The van der Waals surface area contributed by atoms with Gasteiger partial charge in [-0.25, -0.2) is 0 Å². The summed E-state index contributed by atoms with van der Waals surface area (Å²) in [6.07, 6.45) is 0.877. The molecule has 2 unspecified atom stereocenters. The molecule has 0 bridgehead atoms. The Bertz CT molecular complexity index is 413. The van der Waals surface area contributed by atoms with Crippen LogP contribution in [0.4, 0.5) is 0 Å². The van der Waals surface area contributed by atoms with Crippen molar-refractivity contribution in [3.05, 3.63) is 34.4 Å². The average Bonchev–Trinajstić information content (AvgIpc) is 2.54. The Kier molecular flexibility index (Phi) is 3.06. The molecule has 1 N–H and O–H groups in total. The van der Waals surface area contributed by atoms with Crippen LogP contribution < -0.4 is 0 Å². The number of hydrogen-bond acceptors (Lipinski definition) is 2. The maximum absolute atomic E-state index is 10.8. The van der Waals surface area contributed by atoms with Crippen LogP contribution in [0.25, 0.3) is 0 Å². The molecule has 1 aromatic carbocycles. The van der Waals surface area contributed by atoms with Gasteiger partial charge >= 0.3 is 0 Å². The summed E-state index contributed by atoms with van der Waals surface area (Å²) in [5, 5.41) is 11.1. The van der Waals surface area contributed by atoms with E-state index in [1.807, 2.05) is 11.8 Å². The molecule has 0 aromatic heterocycles. The Morgan fingerprint density at radius 3 is 2.38 bits per heavy atom. The maximum atomic E-state index is 10.8. The summed E-state index contributed by atoms with van der Waals surface area (Å²) in [6.45, 7) is 8.49. The number of rotatable bonds is 1. The first-order valence-corrected chi connectivity index (χ1v) is 6.92. The zero-order valence-corrected chi connectivity index (χ0v) is 11.3. The van der Waals surface area contributed by atoms with Crippen LogP contribution in [0, 0.1) is 20.8 Å². The molecular formula is C14H20OS. The minimum atomic E-state index is -0.618. The lowest BCUT2D eigenvalue weighted by Gasteiger charge is -2.29. The van der Waals surface area contributed by atoms with Crippen molar-refractivity contribution in [1.82, 2.24) is 0 Å². The number of hydrogen-bond donors (Lipinski definition) is 1. The lowest BCUT2D eigenvalue weighted by atomic mass is 9.84. The van der Waals surface area contributed by atoms with Gasteiger partial charge in [0.05, 0.1) is 0 Å². The molecule has 0 amide bonds. The van der Waals surface area contributed by atoms with E-state index in [4.69, 9.17) is 0 Å². The molecule has 1 aromatic rings. The van der Waals surface area contributed by atoms with Crippen molar-refractivity contribution in [2.75, 3.05) is 5.75 Å². The first-order valence-electron chi connectivity index (χ1n) is 5.87. The Balaban J connectivity index is 2.51. The molecular weight excluding hydrogens is 216 g/mol. The summed E-state index contributed by atoms with van der Waals surface area (Å²) in [7, 11) is 0. The Labute approximate surface area is 102 Å². The monoisotopic (exact) mass is 236 g/mol. The Morgan fingerprint density at radius 1 is 1.19 bits per heavy atom. The fourth-order valence-electron chi connectivity index (χ4n) is 2.51. The molecule has 1 aliphatic heterocycles. The summed E-state index contributed by atoms with van der Waals surface area (Å²) < 4.78 is 0. The van der Waals surface area contributed by atoms with E-state index < -0.39 is 5.60 Å². The van der Waals surface area contributed by atoms with Crippen LogP contribution in [0.1, 0.15) is 35.6 Å². The first kappa shape index (κ1) is 12.0. The summed E-state index contributed by atoms with van der Waals surface area (Å²) in [5.74, 6) is 1.06. The van der Waals surface area contributed by atoms with Gasteiger partial charge in [-0.2, -0.15) is 11.8 Å². The van der Waals surface area contributed by atoms with Crippen LogP contribution in [0.15, 0.2) is 12.1 Å². The molecule has 0 aliphatic carbocycles. The van der Waals surface area contributed by atoms with Crippen molar-refractivity contribution in [3.8, 4) is 0 Å². The molecule has 2 rings (SSSR count). The number of thioether (sulfide) groups is 1. The third-order valence-electron chi connectivity index (χ3n) is 3.83. The van der Waals surface area contributed by atoms with Gasteiger partial charge in [-0.05, 0) is 55.2 Å². The maximum Gasteiger partial charge on any atom is 0.102 e. The van der Waals surface area contributed by atoms with E-state index in [0.717, 1.165) is 17.7 Å². The van der Waals surface area contributed by atoms with Crippen molar-refractivity contribution in [2.24, 2.45) is 0 Å². The highest BCUT2D eigenvalue weighted by Crippen LogP contribution is 2.44. The second-order valence-electron chi connectivity index (χ2n) is 4.94. The number of aryl methyl sites for hydroxylation is 3. The molecule has 1 nitrogen and oxygen atoms in total. The van der Waals surface area contributed by atoms with Gasteiger partial charge < -0.3 is 5.11 Å². The zero-order chi connectivity index (χ0) is 11.9. The van der Waals surface area contributed by atoms with E-state index in [-0.39, 0.29) is 0 Å². The highest BCUT2D eigenvalue weighted by Gasteiger charge is 2.41. The summed E-state index contributed by atoms with van der Waals surface area (Å²) >= 11 is 1.87. The van der Waals surface area contributed by atoms with E-state index in [1.165, 1.54) is 16.7 Å². The quantitative estimate of drug-likeness (QED) is 0.807. The minimum Gasteiger partial charge on any atom is -0.384 e. The van der Waals surface area contributed by atoms with Crippen molar-refractivity contribution in [2.45, 2.75) is 45.0 Å². The second kappa shape index (κ2) is 4.08. The van der Waals surface area contributed by atoms with Gasteiger partial charge in [0.15, 0.2) is 0 Å². The highest BCUT2D eigenvalue weighted by molar-refractivity contribution is 8.00. The van der Waals surface area contributed by atoms with E-state index in [1.54, 1.807) is 0 Å². The molecule has 16 heavy (non-hydrogen) atoms. The largest absolute Gasteiger partial charge is 0.384 e. The molecule has 1 aliphatic rings. The smallest absolute Gasteiger partial charge is 0.102 e. The van der Waals surface area contributed by atoms with E-state index >= 15 is 0 Å². The molecule has 1 heterocycles. The zero-order valence-electron chi connectivity index (χ0n) is 10.5. The van der Waals surface area contributed by atoms with Gasteiger partial charge in [-0.1, -0.05) is 19.1 Å². The SMILES string of the molecule is Cc1cc(C)c(C2(O)CCSC2C)cc1C. The van der Waals surface area contributed by atoms with Crippen molar-refractivity contribution >= 4 is 11.8 Å². The van der Waals surface area contributed by atoms with Crippen LogP contribution in [0.5, 0.6) is 0 Å². The van der Waals surface area contributed by atoms with Gasteiger partial charge in [-0.3, -0.25) is 0 Å². The second-order valence-corrected chi connectivity index (χ2v) is 6.39. The van der Waals surface area contributed by atoms with Crippen LogP contribution >= 0.6 is 11.8 Å². The van der Waals surface area contributed by atoms with Crippen LogP contribution in [0.3, 0.4) is 0 Å². The van der Waals surface area contributed by atoms with Crippen LogP contribution in [-0.2, 0) is 5.60 Å². The predicted octanol–water partition coefficient (Wildman–Crippen LogP) is 3.32. The van der Waals surface area contributed by atoms with Gasteiger partial charge in [0.25, 0.3) is 0 Å². The Morgan fingerprint density at radius 2 is 1.81 bits per heavy atom. The minimum absolute atomic E-state index is 0.299. The molecule has 0 radical (unpaired) electrons. The van der Waals surface area contributed by atoms with Gasteiger partial charge in [0.2, 0.25) is 0 Å². The normalized spacial score (nSPS) is 29.7. The molecule has 2 heteroatoms. The fourth-order valence-corrected chi connectivity index (χ4v) is 3.82. The lowest BCUT2D eigenvalue weighted by molar-refractivity contribution is 0.0420. The summed E-state index contributed by atoms with van der Waals surface area (Å²) in [4.78, 5) is 0. The highest BCUT2D eigenvalue weighted by atomic mass is 32.2. The van der Waals surface area contributed by atoms with Gasteiger partial charge in [-0.15, -0.1) is 0 Å². The van der Waals surface area contributed by atoms with Gasteiger partial charge in [0.1, 0.15) is 5.60 Å². The van der Waals surface area contributed by atoms with E-state index in [2.05, 4.69) is 39.8 Å². The summed E-state index contributed by atoms with van der Waals surface area (Å²) in [5.41, 5.74) is 4.32. The Hall–Kier alpha value is -0.470. The summed E-state index contributed by atoms with van der Waals surface area (Å²) in [6, 6.07) is 4.37. The molecule has 0 saturated carbocycles. The van der Waals surface area contributed by atoms with E-state index in [9.17, 15) is 5.11 Å². The molecule has 0 spiro atoms. The third kappa shape index (κ3) is 1.78. The van der Waals surface area contributed by atoms with Crippen molar-refractivity contribution in [1.29, 1.82) is 0 Å². The number of aliphatic hydroxyl groups is 1. The predicted molar refractivity (Wildman–Crippen MR) is 71.1 cm³/mol. The van der Waals surface area contributed by atoms with E-state index in [0.29, 0.717) is 5.25 Å². The average molecular weight is 236 g/mol. The number of benzene rings is 1. The third-order valence-corrected chi connectivity index (χ3v) is 5.16. The lowest BCUT2D eigenvalue weighted by Crippen LogP contribution is -2.32.